The Morgan fingerprint density at radius 3 is 2.64 bits per heavy atom. The molecule has 1 unspecified atom stereocenters. The zero-order valence-corrected chi connectivity index (χ0v) is 9.27. The van der Waals surface area contributed by atoms with E-state index in [4.69, 9.17) is 0 Å². The monoisotopic (exact) mass is 188 g/mol. The molecule has 1 nitrogen and oxygen atoms in total. The molecule has 74 valence electrons. The normalized spacial score (nSPS) is 26.1. The predicted octanol–water partition coefficient (Wildman–Crippen LogP) is 2.88. The summed E-state index contributed by atoms with van der Waals surface area (Å²) in [6, 6.07) is 0. The van der Waals surface area contributed by atoms with Gasteiger partial charge in [-0.15, -0.1) is 11.8 Å². The zero-order chi connectivity index (χ0) is 10.8. The summed E-state index contributed by atoms with van der Waals surface area (Å²) in [6.07, 6.45) is 4.57. The van der Waals surface area contributed by atoms with Gasteiger partial charge in [-0.1, -0.05) is 17.7 Å². The van der Waals surface area contributed by atoms with Gasteiger partial charge < -0.3 is 0 Å². The van der Waals surface area contributed by atoms with Crippen LogP contribution < -0.4 is 0 Å². The van der Waals surface area contributed by atoms with E-state index >= 15 is 0 Å². The number of ketones is 1. The summed E-state index contributed by atoms with van der Waals surface area (Å²) in [5.41, 5.74) is 1.58. The number of hydrogen-bond donors (Lipinski definition) is 0. The van der Waals surface area contributed by atoms with Gasteiger partial charge in [-0.05, 0) is 33.3 Å². The lowest BCUT2D eigenvalue weighted by molar-refractivity contribution is -0.121. The van der Waals surface area contributed by atoms with Gasteiger partial charge in [-0.3, -0.25) is 4.79 Å². The van der Waals surface area contributed by atoms with Crippen LogP contribution >= 0.6 is 0 Å². The topological polar surface area (TPSA) is 17.1 Å². The van der Waals surface area contributed by atoms with Gasteiger partial charge in [-0.25, -0.2) is 0 Å². The Morgan fingerprint density at radius 1 is 1.43 bits per heavy atom. The Hall–Kier alpha value is -1.29. The number of carbonyl (C=O) groups excluding carboxylic acids is 1. The average Bonchev–Trinajstić information content (AvgIpc) is 2.11. The van der Waals surface area contributed by atoms with Crippen LogP contribution in [0.1, 0.15) is 34.1 Å². The van der Waals surface area contributed by atoms with E-state index in [-0.39, 0.29) is 5.78 Å². The molecule has 0 fully saturated rings. The van der Waals surface area contributed by atoms with E-state index in [1.54, 1.807) is 6.92 Å². The second-order valence-corrected chi connectivity index (χ2v) is 4.07. The van der Waals surface area contributed by atoms with Crippen LogP contribution in [0.3, 0.4) is 0 Å². The van der Waals surface area contributed by atoms with Gasteiger partial charge in [-0.2, -0.15) is 0 Å². The van der Waals surface area contributed by atoms with Gasteiger partial charge in [0.2, 0.25) is 0 Å². The van der Waals surface area contributed by atoms with Crippen LogP contribution in [-0.2, 0) is 4.79 Å². The highest BCUT2D eigenvalue weighted by Gasteiger charge is 2.33. The van der Waals surface area contributed by atoms with E-state index in [9.17, 15) is 4.79 Å². The number of Topliss-reactive ketones (excluding diaryl/α,β-unsaturated/α-hetero) is 1. The molecule has 0 N–H and O–H groups in total. The lowest BCUT2D eigenvalue weighted by atomic mass is 9.75. The highest BCUT2D eigenvalue weighted by molar-refractivity contribution is 6.02. The second kappa shape index (κ2) is 3.84. The van der Waals surface area contributed by atoms with Crippen LogP contribution in [-0.4, -0.2) is 5.78 Å². The Bertz CT molecular complexity index is 374. The summed E-state index contributed by atoms with van der Waals surface area (Å²) in [4.78, 5) is 11.9. The summed E-state index contributed by atoms with van der Waals surface area (Å²) in [5.74, 6) is 6.03. The van der Waals surface area contributed by atoms with E-state index in [0.29, 0.717) is 6.42 Å². The van der Waals surface area contributed by atoms with Crippen molar-refractivity contribution in [1.82, 2.24) is 0 Å². The SMILES string of the molecule is CC#CCC1(C)C=C(C)C=C(C)C1=O. The molecule has 0 aromatic rings. The molecule has 0 saturated carbocycles. The van der Waals surface area contributed by atoms with E-state index in [1.807, 2.05) is 32.9 Å². The van der Waals surface area contributed by atoms with Crippen molar-refractivity contribution >= 4 is 5.78 Å². The Kier molecular flexibility index (Phi) is 2.96. The molecule has 1 aliphatic carbocycles. The maximum absolute atomic E-state index is 11.9. The summed E-state index contributed by atoms with van der Waals surface area (Å²) in [6.45, 7) is 7.65. The highest BCUT2D eigenvalue weighted by atomic mass is 16.1. The minimum atomic E-state index is -0.411. The lowest BCUT2D eigenvalue weighted by Gasteiger charge is -2.26. The first kappa shape index (κ1) is 10.8. The molecule has 0 aromatic heterocycles. The molecule has 0 bridgehead atoms. The van der Waals surface area contributed by atoms with Crippen molar-refractivity contribution in [2.24, 2.45) is 5.41 Å². The van der Waals surface area contributed by atoms with Crippen molar-refractivity contribution in [1.29, 1.82) is 0 Å². The molecular formula is C13H16O. The first-order valence-electron chi connectivity index (χ1n) is 4.82. The molecule has 0 aliphatic heterocycles. The molecular weight excluding hydrogens is 172 g/mol. The summed E-state index contributed by atoms with van der Waals surface area (Å²) in [7, 11) is 0. The van der Waals surface area contributed by atoms with Crippen LogP contribution in [0.15, 0.2) is 23.3 Å². The summed E-state index contributed by atoms with van der Waals surface area (Å²) < 4.78 is 0. The number of allylic oxidation sites excluding steroid dienone is 4. The molecule has 0 heterocycles. The molecule has 14 heavy (non-hydrogen) atoms. The van der Waals surface area contributed by atoms with Crippen molar-refractivity contribution in [2.75, 3.05) is 0 Å². The third-order valence-corrected chi connectivity index (χ3v) is 2.50. The minimum Gasteiger partial charge on any atom is -0.294 e. The van der Waals surface area contributed by atoms with Crippen molar-refractivity contribution in [2.45, 2.75) is 34.1 Å². The maximum atomic E-state index is 11.9. The van der Waals surface area contributed by atoms with Crippen LogP contribution in [0.5, 0.6) is 0 Å². The Labute approximate surface area is 85.9 Å². The van der Waals surface area contributed by atoms with Crippen molar-refractivity contribution in [3.63, 3.8) is 0 Å². The van der Waals surface area contributed by atoms with Gasteiger partial charge in [0.15, 0.2) is 5.78 Å². The Morgan fingerprint density at radius 2 is 2.07 bits per heavy atom. The average molecular weight is 188 g/mol. The van der Waals surface area contributed by atoms with Gasteiger partial charge >= 0.3 is 0 Å². The van der Waals surface area contributed by atoms with Crippen LogP contribution in [0.25, 0.3) is 0 Å². The fourth-order valence-electron chi connectivity index (χ4n) is 1.87. The minimum absolute atomic E-state index is 0.200. The third-order valence-electron chi connectivity index (χ3n) is 2.50. The van der Waals surface area contributed by atoms with Gasteiger partial charge in [0, 0.05) is 6.42 Å². The maximum Gasteiger partial charge on any atom is 0.169 e. The van der Waals surface area contributed by atoms with Crippen molar-refractivity contribution in [3.05, 3.63) is 23.3 Å². The smallest absolute Gasteiger partial charge is 0.169 e. The standard InChI is InChI=1S/C13H16O/c1-5-6-7-13(4)9-10(2)8-11(3)12(13)14/h8-9H,7H2,1-4H3. The number of rotatable bonds is 1. The van der Waals surface area contributed by atoms with Gasteiger partial charge in [0.05, 0.1) is 5.41 Å². The van der Waals surface area contributed by atoms with Crippen LogP contribution in [0.4, 0.5) is 0 Å². The highest BCUT2D eigenvalue weighted by Crippen LogP contribution is 2.33. The lowest BCUT2D eigenvalue weighted by Crippen LogP contribution is -2.28. The molecule has 0 radical (unpaired) electrons. The van der Waals surface area contributed by atoms with Gasteiger partial charge in [0.1, 0.15) is 0 Å². The first-order chi connectivity index (χ1) is 6.49. The molecule has 0 spiro atoms. The van der Waals surface area contributed by atoms with E-state index < -0.39 is 5.41 Å². The second-order valence-electron chi connectivity index (χ2n) is 4.07. The quantitative estimate of drug-likeness (QED) is 0.578. The molecule has 1 aliphatic rings. The van der Waals surface area contributed by atoms with E-state index in [0.717, 1.165) is 11.1 Å². The number of hydrogen-bond acceptors (Lipinski definition) is 1. The first-order valence-corrected chi connectivity index (χ1v) is 4.82. The molecule has 0 aromatic carbocycles. The molecule has 1 atom stereocenters. The van der Waals surface area contributed by atoms with Crippen molar-refractivity contribution < 1.29 is 4.79 Å². The van der Waals surface area contributed by atoms with Gasteiger partial charge in [0.25, 0.3) is 0 Å². The Balaban J connectivity index is 3.04. The molecule has 0 amide bonds. The largest absolute Gasteiger partial charge is 0.294 e. The molecule has 0 saturated heterocycles. The molecule has 1 heteroatoms. The van der Waals surface area contributed by atoms with Crippen LogP contribution in [0, 0.1) is 17.3 Å². The number of carbonyl (C=O) groups is 1. The fourth-order valence-corrected chi connectivity index (χ4v) is 1.87. The van der Waals surface area contributed by atoms with Crippen LogP contribution in [0.2, 0.25) is 0 Å². The zero-order valence-electron chi connectivity index (χ0n) is 9.27. The van der Waals surface area contributed by atoms with Crippen molar-refractivity contribution in [3.8, 4) is 11.8 Å². The van der Waals surface area contributed by atoms with E-state index in [2.05, 4.69) is 11.8 Å². The summed E-state index contributed by atoms with van der Waals surface area (Å²) >= 11 is 0. The fraction of sp³-hybridized carbons (Fsp3) is 0.462. The third kappa shape index (κ3) is 1.96. The summed E-state index contributed by atoms with van der Waals surface area (Å²) in [5, 5.41) is 0. The predicted molar refractivity (Wildman–Crippen MR) is 58.7 cm³/mol. The molecule has 1 rings (SSSR count). The van der Waals surface area contributed by atoms with E-state index in [1.165, 1.54) is 0 Å².